The van der Waals surface area contributed by atoms with Crippen molar-refractivity contribution in [2.45, 2.75) is 0 Å². The molecule has 8 heteroatoms. The first kappa shape index (κ1) is 18.6. The Hall–Kier alpha value is -2.70. The van der Waals surface area contributed by atoms with Crippen LogP contribution in [0.2, 0.25) is 10.0 Å². The van der Waals surface area contributed by atoms with Crippen molar-refractivity contribution in [2.24, 2.45) is 0 Å². The number of ketones is 1. The number of ether oxygens (including phenoxy) is 1. The summed E-state index contributed by atoms with van der Waals surface area (Å²) in [5.74, 6) is -1.30. The summed E-state index contributed by atoms with van der Waals surface area (Å²) in [6.07, 6.45) is 2.26. The molecule has 0 fully saturated rings. The van der Waals surface area contributed by atoms with Crippen LogP contribution in [0.4, 0.5) is 5.69 Å². The van der Waals surface area contributed by atoms with Crippen LogP contribution in [0.15, 0.2) is 48.5 Å². The number of halogens is 2. The lowest BCUT2D eigenvalue weighted by Gasteiger charge is -2.04. The zero-order chi connectivity index (χ0) is 18.4. The number of carbonyl (C=O) groups is 2. The Kier molecular flexibility index (Phi) is 6.27. The average Bonchev–Trinajstić information content (AvgIpc) is 2.58. The second-order valence-corrected chi connectivity index (χ2v) is 5.65. The first-order valence-corrected chi connectivity index (χ1v) is 7.70. The van der Waals surface area contributed by atoms with Crippen molar-refractivity contribution in [1.82, 2.24) is 0 Å². The molecule has 0 amide bonds. The van der Waals surface area contributed by atoms with Crippen LogP contribution in [0, 0.1) is 10.1 Å². The molecule has 0 atom stereocenters. The van der Waals surface area contributed by atoms with E-state index in [1.807, 2.05) is 0 Å². The third kappa shape index (κ3) is 5.14. The Labute approximate surface area is 152 Å². The summed E-state index contributed by atoms with van der Waals surface area (Å²) in [6.45, 7) is -0.512. The van der Waals surface area contributed by atoms with Gasteiger partial charge in [-0.25, -0.2) is 4.79 Å². The lowest BCUT2D eigenvalue weighted by atomic mass is 10.1. The summed E-state index contributed by atoms with van der Waals surface area (Å²) in [5.41, 5.74) is 0.286. The molecule has 2 aromatic rings. The van der Waals surface area contributed by atoms with E-state index in [4.69, 9.17) is 27.9 Å². The highest BCUT2D eigenvalue weighted by molar-refractivity contribution is 6.36. The average molecular weight is 380 g/mol. The number of rotatable bonds is 6. The monoisotopic (exact) mass is 379 g/mol. The number of esters is 1. The number of benzene rings is 2. The van der Waals surface area contributed by atoms with Gasteiger partial charge in [0.05, 0.1) is 15.5 Å². The van der Waals surface area contributed by atoms with Gasteiger partial charge in [0, 0.05) is 22.7 Å². The van der Waals surface area contributed by atoms with Gasteiger partial charge in [0.1, 0.15) is 0 Å². The van der Waals surface area contributed by atoms with E-state index in [9.17, 15) is 19.7 Å². The zero-order valence-corrected chi connectivity index (χ0v) is 14.2. The maximum atomic E-state index is 12.0. The lowest BCUT2D eigenvalue weighted by molar-refractivity contribution is -0.385. The van der Waals surface area contributed by atoms with Gasteiger partial charge in [0.25, 0.3) is 5.69 Å². The molecular formula is C17H11Cl2NO5. The Morgan fingerprint density at radius 1 is 1.16 bits per heavy atom. The number of para-hydroxylation sites is 1. The predicted octanol–water partition coefficient (Wildman–Crippen LogP) is 4.34. The van der Waals surface area contributed by atoms with Crippen LogP contribution in [0.3, 0.4) is 0 Å². The molecule has 25 heavy (non-hydrogen) atoms. The highest BCUT2D eigenvalue weighted by atomic mass is 35.5. The Morgan fingerprint density at radius 2 is 1.88 bits per heavy atom. The second-order valence-electron chi connectivity index (χ2n) is 4.80. The van der Waals surface area contributed by atoms with Gasteiger partial charge in [-0.15, -0.1) is 0 Å². The van der Waals surface area contributed by atoms with E-state index in [0.29, 0.717) is 5.02 Å². The van der Waals surface area contributed by atoms with Gasteiger partial charge < -0.3 is 4.74 Å². The van der Waals surface area contributed by atoms with Crippen LogP contribution < -0.4 is 0 Å². The minimum absolute atomic E-state index is 0.143. The molecule has 0 aliphatic heterocycles. The summed E-state index contributed by atoms with van der Waals surface area (Å²) < 4.78 is 4.83. The number of carbonyl (C=O) groups excluding carboxylic acids is 2. The van der Waals surface area contributed by atoms with Crippen molar-refractivity contribution < 1.29 is 19.2 Å². The number of Topliss-reactive ketones (excluding diaryl/α,β-unsaturated/α-hetero) is 1. The van der Waals surface area contributed by atoms with Gasteiger partial charge in [-0.3, -0.25) is 14.9 Å². The molecule has 0 unspecified atom stereocenters. The SMILES string of the molecule is O=C(/C=C/c1ccccc1[N+](=O)[O-])OCC(=O)c1ccc(Cl)cc1Cl. The largest absolute Gasteiger partial charge is 0.454 e. The summed E-state index contributed by atoms with van der Waals surface area (Å²) >= 11 is 11.6. The fourth-order valence-electron chi connectivity index (χ4n) is 1.93. The smallest absolute Gasteiger partial charge is 0.331 e. The quantitative estimate of drug-likeness (QED) is 0.245. The van der Waals surface area contributed by atoms with Gasteiger partial charge in [-0.05, 0) is 30.3 Å². The summed E-state index contributed by atoms with van der Waals surface area (Å²) in [5, 5.41) is 11.4. The van der Waals surface area contributed by atoms with Crippen LogP contribution in [-0.4, -0.2) is 23.3 Å². The van der Waals surface area contributed by atoms with Crippen LogP contribution in [0.1, 0.15) is 15.9 Å². The van der Waals surface area contributed by atoms with Gasteiger partial charge in [-0.1, -0.05) is 35.3 Å². The molecule has 0 heterocycles. The first-order chi connectivity index (χ1) is 11.9. The van der Waals surface area contributed by atoms with E-state index in [0.717, 1.165) is 6.08 Å². The molecule has 2 rings (SSSR count). The lowest BCUT2D eigenvalue weighted by Crippen LogP contribution is -2.13. The molecule has 0 aromatic heterocycles. The normalized spacial score (nSPS) is 10.6. The molecule has 0 saturated heterocycles. The minimum Gasteiger partial charge on any atom is -0.454 e. The molecule has 0 bridgehead atoms. The van der Waals surface area contributed by atoms with Gasteiger partial charge >= 0.3 is 5.97 Å². The van der Waals surface area contributed by atoms with Crippen LogP contribution in [0.25, 0.3) is 6.08 Å². The van der Waals surface area contributed by atoms with E-state index in [-0.39, 0.29) is 21.8 Å². The molecule has 0 spiro atoms. The van der Waals surface area contributed by atoms with Crippen LogP contribution in [-0.2, 0) is 9.53 Å². The van der Waals surface area contributed by atoms with Crippen molar-refractivity contribution in [3.8, 4) is 0 Å². The molecular weight excluding hydrogens is 369 g/mol. The number of nitro benzene ring substituents is 1. The Morgan fingerprint density at radius 3 is 2.56 bits per heavy atom. The highest BCUT2D eigenvalue weighted by Crippen LogP contribution is 2.21. The van der Waals surface area contributed by atoms with Crippen molar-refractivity contribution in [2.75, 3.05) is 6.61 Å². The van der Waals surface area contributed by atoms with E-state index in [2.05, 4.69) is 0 Å². The van der Waals surface area contributed by atoms with Crippen LogP contribution >= 0.6 is 23.2 Å². The number of hydrogen-bond donors (Lipinski definition) is 0. The Bertz CT molecular complexity index is 864. The predicted molar refractivity (Wildman–Crippen MR) is 93.9 cm³/mol. The molecule has 0 radical (unpaired) electrons. The summed E-state index contributed by atoms with van der Waals surface area (Å²) in [7, 11) is 0. The molecule has 2 aromatic carbocycles. The topological polar surface area (TPSA) is 86.5 Å². The van der Waals surface area contributed by atoms with Crippen molar-refractivity contribution in [1.29, 1.82) is 0 Å². The van der Waals surface area contributed by atoms with Crippen molar-refractivity contribution in [3.63, 3.8) is 0 Å². The van der Waals surface area contributed by atoms with Gasteiger partial charge in [0.2, 0.25) is 5.78 Å². The standard InChI is InChI=1S/C17H11Cl2NO5/c18-12-6-7-13(14(19)9-12)16(21)10-25-17(22)8-5-11-3-1-2-4-15(11)20(23)24/h1-9H,10H2/b8-5+. The molecule has 128 valence electrons. The molecule has 0 saturated carbocycles. The third-order valence-electron chi connectivity index (χ3n) is 3.11. The molecule has 6 nitrogen and oxygen atoms in total. The van der Waals surface area contributed by atoms with Gasteiger partial charge in [-0.2, -0.15) is 0 Å². The minimum atomic E-state index is -0.809. The van der Waals surface area contributed by atoms with Crippen LogP contribution in [0.5, 0.6) is 0 Å². The van der Waals surface area contributed by atoms with Gasteiger partial charge in [0.15, 0.2) is 6.61 Å². The maximum Gasteiger partial charge on any atom is 0.331 e. The molecule has 0 N–H and O–H groups in total. The van der Waals surface area contributed by atoms with Crippen molar-refractivity contribution in [3.05, 3.63) is 79.8 Å². The fraction of sp³-hybridized carbons (Fsp3) is 0.0588. The highest BCUT2D eigenvalue weighted by Gasteiger charge is 2.13. The zero-order valence-electron chi connectivity index (χ0n) is 12.6. The first-order valence-electron chi connectivity index (χ1n) is 6.95. The summed E-state index contributed by atoms with van der Waals surface area (Å²) in [4.78, 5) is 34.0. The molecule has 0 aliphatic rings. The van der Waals surface area contributed by atoms with Crippen molar-refractivity contribution >= 4 is 46.7 Å². The third-order valence-corrected chi connectivity index (χ3v) is 3.66. The van der Waals surface area contributed by atoms with E-state index >= 15 is 0 Å². The second kappa shape index (κ2) is 8.41. The van der Waals surface area contributed by atoms with E-state index in [1.165, 1.54) is 42.5 Å². The fourth-order valence-corrected chi connectivity index (χ4v) is 2.44. The number of hydrogen-bond acceptors (Lipinski definition) is 5. The maximum absolute atomic E-state index is 12.0. The van der Waals surface area contributed by atoms with E-state index < -0.39 is 23.3 Å². The number of nitro groups is 1. The van der Waals surface area contributed by atoms with E-state index in [1.54, 1.807) is 6.07 Å². The molecule has 0 aliphatic carbocycles. The summed E-state index contributed by atoms with van der Waals surface area (Å²) in [6, 6.07) is 10.3. The Balaban J connectivity index is 1.99. The number of nitrogens with zero attached hydrogens (tertiary/aromatic N) is 1.